The number of methoxy groups -OCH3 is 1. The number of carbonyl (C=O) groups is 1. The highest BCUT2D eigenvalue weighted by molar-refractivity contribution is 5.83. The number of halogens is 1. The van der Waals surface area contributed by atoms with Crippen LogP contribution in [-0.4, -0.2) is 28.9 Å². The van der Waals surface area contributed by atoms with Gasteiger partial charge < -0.3 is 9.64 Å². The van der Waals surface area contributed by atoms with E-state index in [-0.39, 0.29) is 23.7 Å². The van der Waals surface area contributed by atoms with E-state index in [4.69, 9.17) is 4.74 Å². The smallest absolute Gasteiger partial charge is 0.226 e. The van der Waals surface area contributed by atoms with E-state index in [1.807, 2.05) is 53.4 Å². The second-order valence-corrected chi connectivity index (χ2v) is 9.20. The van der Waals surface area contributed by atoms with E-state index in [1.54, 1.807) is 19.4 Å². The van der Waals surface area contributed by atoms with Crippen molar-refractivity contribution < 1.29 is 13.9 Å². The zero-order valence-electron chi connectivity index (χ0n) is 19.4. The van der Waals surface area contributed by atoms with Crippen LogP contribution in [0.5, 0.6) is 5.75 Å². The number of carbonyl (C=O) groups excluding carboxylic acids is 1. The molecule has 1 amide bonds. The number of likely N-dealkylation sites (tertiary alicyclic amines) is 1. The van der Waals surface area contributed by atoms with E-state index in [0.717, 1.165) is 47.4 Å². The summed E-state index contributed by atoms with van der Waals surface area (Å²) in [6.07, 6.45) is 10.3. The molecule has 3 atom stereocenters. The predicted molar refractivity (Wildman–Crippen MR) is 131 cm³/mol. The molecule has 1 aliphatic carbocycles. The minimum atomic E-state index is -0.258. The van der Waals surface area contributed by atoms with Gasteiger partial charge in [0.05, 0.1) is 18.8 Å². The average molecular weight is 457 g/mol. The van der Waals surface area contributed by atoms with E-state index in [0.29, 0.717) is 12.5 Å². The summed E-state index contributed by atoms with van der Waals surface area (Å²) in [6, 6.07) is 18.4. The van der Waals surface area contributed by atoms with Crippen LogP contribution in [0.15, 0.2) is 72.9 Å². The maximum Gasteiger partial charge on any atom is 0.226 e. The highest BCUT2D eigenvalue weighted by atomic mass is 19.1. The molecule has 174 valence electrons. The Kier molecular flexibility index (Phi) is 6.43. The molecule has 34 heavy (non-hydrogen) atoms. The van der Waals surface area contributed by atoms with Crippen molar-refractivity contribution in [1.29, 1.82) is 0 Å². The number of hydrogen-bond donors (Lipinski definition) is 0. The molecular weight excluding hydrogens is 427 g/mol. The second-order valence-electron chi connectivity index (χ2n) is 9.20. The van der Waals surface area contributed by atoms with E-state index in [2.05, 4.69) is 11.1 Å². The zero-order chi connectivity index (χ0) is 23.5. The van der Waals surface area contributed by atoms with Crippen LogP contribution in [-0.2, 0) is 11.3 Å². The summed E-state index contributed by atoms with van der Waals surface area (Å²) in [5, 5.41) is 0. The molecule has 0 spiro atoms. The number of hydrogen-bond acceptors (Lipinski definition) is 3. The van der Waals surface area contributed by atoms with Crippen molar-refractivity contribution in [2.45, 2.75) is 38.3 Å². The lowest BCUT2D eigenvalue weighted by atomic mass is 9.78. The summed E-state index contributed by atoms with van der Waals surface area (Å²) in [6.45, 7) is 0.594. The first-order chi connectivity index (χ1) is 16.6. The van der Waals surface area contributed by atoms with Crippen LogP contribution in [0.25, 0.3) is 17.2 Å². The fraction of sp³-hybridized carbons (Fsp3) is 0.310. The molecule has 3 aromatic rings. The number of fused-ring (bicyclic) bond motifs is 1. The number of nitrogens with zero attached hydrogens (tertiary/aromatic N) is 2. The fourth-order valence-electron chi connectivity index (χ4n) is 5.36. The van der Waals surface area contributed by atoms with Crippen LogP contribution >= 0.6 is 0 Å². The van der Waals surface area contributed by atoms with Crippen molar-refractivity contribution in [3.8, 4) is 16.9 Å². The van der Waals surface area contributed by atoms with Gasteiger partial charge in [0.15, 0.2) is 0 Å². The van der Waals surface area contributed by atoms with Gasteiger partial charge in [-0.1, -0.05) is 49.2 Å². The largest absolute Gasteiger partial charge is 0.497 e. The maximum absolute atomic E-state index is 13.6. The number of pyridine rings is 1. The van der Waals surface area contributed by atoms with Gasteiger partial charge >= 0.3 is 0 Å². The molecule has 0 radical (unpaired) electrons. The molecule has 2 aliphatic rings. The second kappa shape index (κ2) is 9.80. The van der Waals surface area contributed by atoms with E-state index < -0.39 is 0 Å². The Hall–Kier alpha value is -3.47. The highest BCUT2D eigenvalue weighted by Crippen LogP contribution is 2.42. The van der Waals surface area contributed by atoms with E-state index in [9.17, 15) is 9.18 Å². The van der Waals surface area contributed by atoms with Gasteiger partial charge in [0.2, 0.25) is 5.91 Å². The quantitative estimate of drug-likeness (QED) is 0.448. The van der Waals surface area contributed by atoms with Crippen molar-refractivity contribution in [2.24, 2.45) is 11.8 Å². The third kappa shape index (κ3) is 4.60. The Morgan fingerprint density at radius 3 is 2.62 bits per heavy atom. The average Bonchev–Trinajstić information content (AvgIpc) is 3.14. The Bertz CT molecular complexity index is 1170. The number of benzene rings is 2. The number of aromatic nitrogens is 1. The first-order valence-corrected chi connectivity index (χ1v) is 12.0. The Morgan fingerprint density at radius 2 is 1.88 bits per heavy atom. The van der Waals surface area contributed by atoms with Crippen molar-refractivity contribution in [2.75, 3.05) is 7.11 Å². The molecule has 2 aromatic carbocycles. The van der Waals surface area contributed by atoms with Crippen molar-refractivity contribution in [3.05, 3.63) is 90.0 Å². The molecule has 1 saturated carbocycles. The molecule has 0 unspecified atom stereocenters. The number of ether oxygens (including phenoxy) is 1. The molecule has 0 bridgehead atoms. The van der Waals surface area contributed by atoms with Gasteiger partial charge in [0.25, 0.3) is 0 Å². The Morgan fingerprint density at radius 1 is 1.06 bits per heavy atom. The predicted octanol–water partition coefficient (Wildman–Crippen LogP) is 6.13. The van der Waals surface area contributed by atoms with E-state index in [1.165, 1.54) is 18.6 Å². The summed E-state index contributed by atoms with van der Waals surface area (Å²) >= 11 is 0. The van der Waals surface area contributed by atoms with Crippen LogP contribution in [0, 0.1) is 17.7 Å². The van der Waals surface area contributed by atoms with Crippen molar-refractivity contribution >= 4 is 12.0 Å². The monoisotopic (exact) mass is 456 g/mol. The summed E-state index contributed by atoms with van der Waals surface area (Å²) in [4.78, 5) is 20.0. The third-order valence-corrected chi connectivity index (χ3v) is 7.14. The Labute approximate surface area is 200 Å². The van der Waals surface area contributed by atoms with Gasteiger partial charge in [0, 0.05) is 24.2 Å². The van der Waals surface area contributed by atoms with Crippen LogP contribution < -0.4 is 4.74 Å². The highest BCUT2D eigenvalue weighted by Gasteiger charge is 2.47. The molecular formula is C29H29FN2O2. The summed E-state index contributed by atoms with van der Waals surface area (Å²) in [5.41, 5.74) is 3.61. The molecule has 1 aromatic heterocycles. The minimum Gasteiger partial charge on any atom is -0.497 e. The molecule has 5 rings (SSSR count). The lowest BCUT2D eigenvalue weighted by molar-refractivity contribution is -0.132. The van der Waals surface area contributed by atoms with Crippen LogP contribution in [0.2, 0.25) is 0 Å². The molecule has 0 N–H and O–H groups in total. The number of amides is 1. The lowest BCUT2D eigenvalue weighted by Crippen LogP contribution is -2.33. The topological polar surface area (TPSA) is 42.4 Å². The van der Waals surface area contributed by atoms with Gasteiger partial charge in [-0.15, -0.1) is 0 Å². The summed E-state index contributed by atoms with van der Waals surface area (Å²) in [5.74, 6) is 1.29. The molecule has 1 aliphatic heterocycles. The normalized spacial score (nSPS) is 22.2. The molecule has 2 heterocycles. The van der Waals surface area contributed by atoms with Crippen molar-refractivity contribution in [1.82, 2.24) is 9.88 Å². The van der Waals surface area contributed by atoms with Crippen LogP contribution in [0.1, 0.15) is 36.9 Å². The first kappa shape index (κ1) is 22.3. The van der Waals surface area contributed by atoms with Gasteiger partial charge in [-0.05, 0) is 66.3 Å². The molecule has 1 saturated heterocycles. The lowest BCUT2D eigenvalue weighted by Gasteiger charge is -2.27. The summed E-state index contributed by atoms with van der Waals surface area (Å²) in [7, 11) is 1.66. The molecule has 4 nitrogen and oxygen atoms in total. The van der Waals surface area contributed by atoms with Gasteiger partial charge in [-0.25, -0.2) is 4.39 Å². The standard InChI is InChI=1S/C29H29FN2O2/c1-34-25-14-9-20(10-15-25)19-32-28(26-7-2-3-8-27(26)29(32)33)16-13-24-12-11-22(18-31-24)21-5-4-6-23(30)17-21/h4-6,9-18,26-28H,2-3,7-8,19H2,1H3/t26-,27+,28+/m1/s1. The first-order valence-electron chi connectivity index (χ1n) is 12.0. The fourth-order valence-corrected chi connectivity index (χ4v) is 5.36. The number of rotatable bonds is 6. The molecule has 2 fully saturated rings. The van der Waals surface area contributed by atoms with Crippen LogP contribution in [0.3, 0.4) is 0 Å². The van der Waals surface area contributed by atoms with Gasteiger partial charge in [0.1, 0.15) is 11.6 Å². The maximum atomic E-state index is 13.6. The van der Waals surface area contributed by atoms with Crippen molar-refractivity contribution in [3.63, 3.8) is 0 Å². The van der Waals surface area contributed by atoms with Crippen LogP contribution in [0.4, 0.5) is 4.39 Å². The minimum absolute atomic E-state index is 0.0598. The summed E-state index contributed by atoms with van der Waals surface area (Å²) < 4.78 is 18.8. The zero-order valence-corrected chi connectivity index (χ0v) is 19.4. The SMILES string of the molecule is COc1ccc(CN2C(=O)[C@H]3CCCC[C@H]3[C@@H]2C=Cc2ccc(-c3cccc(F)c3)cn2)cc1. The van der Waals surface area contributed by atoms with E-state index >= 15 is 0 Å². The van der Waals surface area contributed by atoms with Gasteiger partial charge in [-0.2, -0.15) is 0 Å². The van der Waals surface area contributed by atoms with Gasteiger partial charge in [-0.3, -0.25) is 9.78 Å². The molecule has 5 heteroatoms. The third-order valence-electron chi connectivity index (χ3n) is 7.14. The Balaban J connectivity index is 1.37.